The van der Waals surface area contributed by atoms with Gasteiger partial charge < -0.3 is 10.2 Å². The highest BCUT2D eigenvalue weighted by Gasteiger charge is 2.06. The minimum absolute atomic E-state index is 0.0631. The number of rotatable bonds is 1. The second-order valence-corrected chi connectivity index (χ2v) is 3.00. The molecule has 70 valence electrons. The van der Waals surface area contributed by atoms with Gasteiger partial charge in [-0.15, -0.1) is 5.75 Å². The Hall–Kier alpha value is -2.03. The Morgan fingerprint density at radius 2 is 1.93 bits per heavy atom. The lowest BCUT2D eigenvalue weighted by Crippen LogP contribution is -2.00. The van der Waals surface area contributed by atoms with Crippen LogP contribution in [0.1, 0.15) is 10.4 Å². The summed E-state index contributed by atoms with van der Waals surface area (Å²) < 4.78 is 0. The molecule has 0 saturated carbocycles. The van der Waals surface area contributed by atoms with Gasteiger partial charge in [-0.25, -0.2) is 4.79 Å². The lowest BCUT2D eigenvalue weighted by Gasteiger charge is -2.09. The van der Waals surface area contributed by atoms with Crippen molar-refractivity contribution in [3.8, 4) is 5.75 Å². The van der Waals surface area contributed by atoms with Crippen molar-refractivity contribution >= 4 is 16.7 Å². The van der Waals surface area contributed by atoms with Gasteiger partial charge in [-0.2, -0.15) is 0 Å². The number of carboxylic acid groups (broad SMARTS) is 1. The molecule has 2 rings (SSSR count). The highest BCUT2D eigenvalue weighted by molar-refractivity contribution is 6.04. The van der Waals surface area contributed by atoms with E-state index in [0.29, 0.717) is 10.8 Å². The Morgan fingerprint density at radius 3 is 2.64 bits per heavy atom. The third-order valence-corrected chi connectivity index (χ3v) is 2.07. The van der Waals surface area contributed by atoms with Crippen molar-refractivity contribution < 1.29 is 15.0 Å². The largest absolute Gasteiger partial charge is 0.872 e. The summed E-state index contributed by atoms with van der Waals surface area (Å²) in [6, 6.07) is 9.51. The molecular weight excluding hydrogens is 180 g/mol. The van der Waals surface area contributed by atoms with Crippen LogP contribution in [0.5, 0.6) is 5.75 Å². The smallest absolute Gasteiger partial charge is 0.336 e. The van der Waals surface area contributed by atoms with Crippen molar-refractivity contribution in [1.29, 1.82) is 0 Å². The molecule has 0 atom stereocenters. The average molecular weight is 187 g/mol. The first-order chi connectivity index (χ1) is 6.68. The Balaban J connectivity index is 2.87. The molecule has 2 aromatic carbocycles. The highest BCUT2D eigenvalue weighted by atomic mass is 16.4. The van der Waals surface area contributed by atoms with E-state index in [2.05, 4.69) is 0 Å². The predicted octanol–water partition coefficient (Wildman–Crippen LogP) is 1.61. The minimum Gasteiger partial charge on any atom is -0.872 e. The number of hydrogen-bond acceptors (Lipinski definition) is 2. The summed E-state index contributed by atoms with van der Waals surface area (Å²) in [5.74, 6) is -1.35. The van der Waals surface area contributed by atoms with Gasteiger partial charge in [0.15, 0.2) is 0 Å². The van der Waals surface area contributed by atoms with Gasteiger partial charge in [0.1, 0.15) is 0 Å². The molecule has 14 heavy (non-hydrogen) atoms. The van der Waals surface area contributed by atoms with Crippen molar-refractivity contribution in [3.05, 3.63) is 42.0 Å². The van der Waals surface area contributed by atoms with Crippen molar-refractivity contribution in [1.82, 2.24) is 0 Å². The second-order valence-electron chi connectivity index (χ2n) is 3.00. The van der Waals surface area contributed by atoms with Crippen LogP contribution in [0.4, 0.5) is 0 Å². The number of carboxylic acids is 1. The van der Waals surface area contributed by atoms with Gasteiger partial charge in [0.25, 0.3) is 0 Å². The van der Waals surface area contributed by atoms with Crippen LogP contribution in [-0.2, 0) is 0 Å². The summed E-state index contributed by atoms with van der Waals surface area (Å²) in [4.78, 5) is 10.8. The third kappa shape index (κ3) is 1.29. The average Bonchev–Trinajstić information content (AvgIpc) is 2.16. The summed E-state index contributed by atoms with van der Waals surface area (Å²) in [7, 11) is 0. The van der Waals surface area contributed by atoms with E-state index in [-0.39, 0.29) is 11.3 Å². The molecule has 0 radical (unpaired) electrons. The van der Waals surface area contributed by atoms with Gasteiger partial charge in [0.05, 0.1) is 5.56 Å². The molecule has 0 amide bonds. The number of aromatic carboxylic acids is 1. The summed E-state index contributed by atoms with van der Waals surface area (Å²) in [5, 5.41) is 21.3. The maximum atomic E-state index is 11.1. The number of hydrogen-bond donors (Lipinski definition) is 1. The monoisotopic (exact) mass is 187 g/mol. The molecule has 0 aliphatic rings. The number of carbonyl (C=O) groups is 1. The van der Waals surface area contributed by atoms with Gasteiger partial charge in [-0.05, 0) is 10.8 Å². The van der Waals surface area contributed by atoms with E-state index >= 15 is 0 Å². The Labute approximate surface area is 80.2 Å². The first kappa shape index (κ1) is 8.56. The highest BCUT2D eigenvalue weighted by Crippen LogP contribution is 2.22. The quantitative estimate of drug-likeness (QED) is 0.737. The topological polar surface area (TPSA) is 60.4 Å². The first-order valence-electron chi connectivity index (χ1n) is 4.11. The lowest BCUT2D eigenvalue weighted by molar-refractivity contribution is -0.268. The molecule has 0 unspecified atom stereocenters. The van der Waals surface area contributed by atoms with Crippen molar-refractivity contribution in [2.24, 2.45) is 0 Å². The maximum Gasteiger partial charge on any atom is 0.336 e. The van der Waals surface area contributed by atoms with E-state index in [1.165, 1.54) is 6.07 Å². The zero-order chi connectivity index (χ0) is 10.1. The van der Waals surface area contributed by atoms with Crippen LogP contribution in [0.15, 0.2) is 36.4 Å². The zero-order valence-electron chi connectivity index (χ0n) is 7.23. The van der Waals surface area contributed by atoms with Crippen LogP contribution in [0, 0.1) is 0 Å². The Morgan fingerprint density at radius 1 is 1.21 bits per heavy atom. The molecule has 0 aliphatic carbocycles. The molecule has 3 nitrogen and oxygen atoms in total. The zero-order valence-corrected chi connectivity index (χ0v) is 7.23. The van der Waals surface area contributed by atoms with Crippen molar-refractivity contribution in [2.45, 2.75) is 0 Å². The van der Waals surface area contributed by atoms with E-state index in [0.717, 1.165) is 6.07 Å². The van der Waals surface area contributed by atoms with Crippen LogP contribution in [-0.4, -0.2) is 11.1 Å². The van der Waals surface area contributed by atoms with Gasteiger partial charge >= 0.3 is 5.97 Å². The molecule has 3 heteroatoms. The summed E-state index contributed by atoms with van der Waals surface area (Å²) >= 11 is 0. The number of benzene rings is 2. The third-order valence-electron chi connectivity index (χ3n) is 2.07. The fourth-order valence-electron chi connectivity index (χ4n) is 1.46. The molecule has 0 bridgehead atoms. The second kappa shape index (κ2) is 3.03. The fourth-order valence-corrected chi connectivity index (χ4v) is 1.46. The normalized spacial score (nSPS) is 10.3. The first-order valence-corrected chi connectivity index (χ1v) is 4.11. The van der Waals surface area contributed by atoms with E-state index < -0.39 is 5.97 Å². The molecule has 0 aliphatic heterocycles. The molecule has 0 heterocycles. The van der Waals surface area contributed by atoms with E-state index in [4.69, 9.17) is 5.11 Å². The molecule has 0 spiro atoms. The Kier molecular flexibility index (Phi) is 1.85. The van der Waals surface area contributed by atoms with E-state index in [9.17, 15) is 9.90 Å². The molecule has 0 aromatic heterocycles. The number of fused-ring (bicyclic) bond motifs is 1. The fraction of sp³-hybridized carbons (Fsp3) is 0. The minimum atomic E-state index is -1.07. The SMILES string of the molecule is O=C(O)c1cc([O-])cc2ccccc12. The Bertz CT molecular complexity index is 503. The maximum absolute atomic E-state index is 11.1. The lowest BCUT2D eigenvalue weighted by atomic mass is 10.0. The van der Waals surface area contributed by atoms with Gasteiger partial charge in [0.2, 0.25) is 0 Å². The van der Waals surface area contributed by atoms with Gasteiger partial charge in [0, 0.05) is 0 Å². The van der Waals surface area contributed by atoms with Crippen LogP contribution >= 0.6 is 0 Å². The van der Waals surface area contributed by atoms with E-state index in [1.54, 1.807) is 24.3 Å². The molecule has 0 fully saturated rings. The van der Waals surface area contributed by atoms with Crippen LogP contribution in [0.3, 0.4) is 0 Å². The summed E-state index contributed by atoms with van der Waals surface area (Å²) in [6.07, 6.45) is 0. The van der Waals surface area contributed by atoms with Crippen molar-refractivity contribution in [2.75, 3.05) is 0 Å². The summed E-state index contributed by atoms with van der Waals surface area (Å²) in [5.41, 5.74) is 0.0631. The predicted molar refractivity (Wildman–Crippen MR) is 50.4 cm³/mol. The molecule has 0 saturated heterocycles. The van der Waals surface area contributed by atoms with Crippen molar-refractivity contribution in [3.63, 3.8) is 0 Å². The molecule has 1 N–H and O–H groups in total. The van der Waals surface area contributed by atoms with E-state index in [1.807, 2.05) is 0 Å². The van der Waals surface area contributed by atoms with Gasteiger partial charge in [-0.3, -0.25) is 0 Å². The molecular formula is C11H7O3-. The summed E-state index contributed by atoms with van der Waals surface area (Å²) in [6.45, 7) is 0. The van der Waals surface area contributed by atoms with Crippen LogP contribution in [0.25, 0.3) is 10.8 Å². The standard InChI is InChI=1S/C11H8O3/c12-8-5-7-3-1-2-4-9(7)10(6-8)11(13)14/h1-6,12H,(H,13,14)/p-1. The molecule has 2 aromatic rings. The van der Waals surface area contributed by atoms with Crippen LogP contribution in [0.2, 0.25) is 0 Å². The van der Waals surface area contributed by atoms with Crippen LogP contribution < -0.4 is 5.11 Å². The van der Waals surface area contributed by atoms with Gasteiger partial charge in [-0.1, -0.05) is 36.4 Å².